The summed E-state index contributed by atoms with van der Waals surface area (Å²) >= 11 is 0. The summed E-state index contributed by atoms with van der Waals surface area (Å²) in [6, 6.07) is 2.57. The quantitative estimate of drug-likeness (QED) is 0.777. The van der Waals surface area contributed by atoms with Gasteiger partial charge >= 0.3 is 0 Å². The summed E-state index contributed by atoms with van der Waals surface area (Å²) in [6.45, 7) is 2.49. The average molecular weight is 287 g/mol. The molecule has 1 aromatic rings. The summed E-state index contributed by atoms with van der Waals surface area (Å²) in [5.41, 5.74) is 0.533. The molecule has 4 nitrogen and oxygen atoms in total. The molecular formula is C14H19F2NO3. The van der Waals surface area contributed by atoms with Crippen LogP contribution in [0.15, 0.2) is 12.1 Å². The molecule has 1 atom stereocenters. The number of rotatable bonds is 7. The van der Waals surface area contributed by atoms with Gasteiger partial charge in [0.15, 0.2) is 17.4 Å². The van der Waals surface area contributed by atoms with Crippen molar-refractivity contribution in [2.45, 2.75) is 19.1 Å². The zero-order valence-electron chi connectivity index (χ0n) is 11.5. The fourth-order valence-corrected chi connectivity index (χ4v) is 2.01. The van der Waals surface area contributed by atoms with E-state index >= 15 is 0 Å². The monoisotopic (exact) mass is 287 g/mol. The summed E-state index contributed by atoms with van der Waals surface area (Å²) in [4.78, 5) is 0. The summed E-state index contributed by atoms with van der Waals surface area (Å²) in [5.74, 6) is -1.68. The van der Waals surface area contributed by atoms with Gasteiger partial charge in [-0.1, -0.05) is 0 Å². The number of halogens is 2. The Morgan fingerprint density at radius 1 is 1.35 bits per heavy atom. The molecule has 6 heteroatoms. The van der Waals surface area contributed by atoms with Gasteiger partial charge in [-0.2, -0.15) is 0 Å². The van der Waals surface area contributed by atoms with Gasteiger partial charge in [0.1, 0.15) is 6.10 Å². The lowest BCUT2D eigenvalue weighted by atomic mass is 10.2. The molecule has 1 fully saturated rings. The molecule has 1 unspecified atom stereocenters. The number of hydrogen-bond acceptors (Lipinski definition) is 4. The summed E-state index contributed by atoms with van der Waals surface area (Å²) < 4.78 is 43.1. The number of ether oxygens (including phenoxy) is 3. The van der Waals surface area contributed by atoms with Gasteiger partial charge in [-0.25, -0.2) is 8.78 Å². The summed E-state index contributed by atoms with van der Waals surface area (Å²) in [7, 11) is 1.60. The molecular weight excluding hydrogens is 268 g/mol. The molecule has 0 aliphatic carbocycles. The van der Waals surface area contributed by atoms with Crippen LogP contribution in [0, 0.1) is 11.6 Å². The molecule has 1 N–H and O–H groups in total. The molecule has 20 heavy (non-hydrogen) atoms. The SMILES string of the molecule is COCCNCc1cc(F)c(OC2CCOC2)c(F)c1. The maximum Gasteiger partial charge on any atom is 0.191 e. The molecule has 0 saturated carbocycles. The van der Waals surface area contributed by atoms with Crippen LogP contribution < -0.4 is 10.1 Å². The van der Waals surface area contributed by atoms with Crippen molar-refractivity contribution >= 4 is 0 Å². The predicted molar refractivity (Wildman–Crippen MR) is 69.8 cm³/mol. The van der Waals surface area contributed by atoms with Crippen LogP contribution >= 0.6 is 0 Å². The highest BCUT2D eigenvalue weighted by molar-refractivity contribution is 5.31. The van der Waals surface area contributed by atoms with E-state index in [1.807, 2.05) is 0 Å². The molecule has 0 bridgehead atoms. The Morgan fingerprint density at radius 3 is 2.70 bits per heavy atom. The number of hydrogen-bond donors (Lipinski definition) is 1. The van der Waals surface area contributed by atoms with Gasteiger partial charge in [-0.3, -0.25) is 0 Å². The molecule has 1 aromatic carbocycles. The second-order valence-electron chi connectivity index (χ2n) is 4.66. The molecule has 1 heterocycles. The van der Waals surface area contributed by atoms with E-state index in [2.05, 4.69) is 5.32 Å². The third-order valence-electron chi connectivity index (χ3n) is 3.04. The van der Waals surface area contributed by atoms with Crippen LogP contribution in [-0.2, 0) is 16.0 Å². The van der Waals surface area contributed by atoms with Crippen molar-refractivity contribution in [3.8, 4) is 5.75 Å². The van der Waals surface area contributed by atoms with Crippen LogP contribution in [0.2, 0.25) is 0 Å². The molecule has 1 aliphatic heterocycles. The van der Waals surface area contributed by atoms with Gasteiger partial charge in [-0.15, -0.1) is 0 Å². The van der Waals surface area contributed by atoms with E-state index < -0.39 is 11.6 Å². The minimum absolute atomic E-state index is 0.273. The van der Waals surface area contributed by atoms with Gasteiger partial charge in [0.05, 0.1) is 19.8 Å². The Kier molecular flexibility index (Phi) is 5.70. The van der Waals surface area contributed by atoms with E-state index in [1.165, 1.54) is 12.1 Å². The lowest BCUT2D eigenvalue weighted by molar-refractivity contribution is 0.134. The molecule has 2 rings (SSSR count). The van der Waals surface area contributed by atoms with Gasteiger partial charge in [0.25, 0.3) is 0 Å². The third kappa shape index (κ3) is 4.13. The molecule has 1 aliphatic rings. The molecule has 1 saturated heterocycles. The van der Waals surface area contributed by atoms with Gasteiger partial charge in [0, 0.05) is 26.6 Å². The lowest BCUT2D eigenvalue weighted by Crippen LogP contribution is -2.20. The first-order valence-electron chi connectivity index (χ1n) is 6.62. The van der Waals surface area contributed by atoms with E-state index in [-0.39, 0.29) is 11.9 Å². The number of benzene rings is 1. The van der Waals surface area contributed by atoms with E-state index in [0.717, 1.165) is 0 Å². The lowest BCUT2D eigenvalue weighted by Gasteiger charge is -2.14. The highest BCUT2D eigenvalue weighted by atomic mass is 19.1. The Hall–Kier alpha value is -1.24. The van der Waals surface area contributed by atoms with Crippen molar-refractivity contribution in [2.75, 3.05) is 33.5 Å². The van der Waals surface area contributed by atoms with Crippen LogP contribution in [0.3, 0.4) is 0 Å². The Labute approximate surface area is 117 Å². The second-order valence-corrected chi connectivity index (χ2v) is 4.66. The Bertz CT molecular complexity index is 413. The first kappa shape index (κ1) is 15.2. The number of nitrogens with one attached hydrogen (secondary N) is 1. The molecule has 112 valence electrons. The first-order chi connectivity index (χ1) is 9.70. The third-order valence-corrected chi connectivity index (χ3v) is 3.04. The highest BCUT2D eigenvalue weighted by Crippen LogP contribution is 2.26. The van der Waals surface area contributed by atoms with Crippen LogP contribution in [0.4, 0.5) is 8.78 Å². The van der Waals surface area contributed by atoms with Crippen LogP contribution in [0.25, 0.3) is 0 Å². The maximum absolute atomic E-state index is 13.9. The van der Waals surface area contributed by atoms with E-state index in [0.29, 0.717) is 44.9 Å². The summed E-state index contributed by atoms with van der Waals surface area (Å²) in [6.07, 6.45) is 0.379. The standard InChI is InChI=1S/C14H19F2NO3/c1-18-5-3-17-8-10-6-12(15)14(13(16)7-10)20-11-2-4-19-9-11/h6-7,11,17H,2-5,8-9H2,1H3. The first-order valence-corrected chi connectivity index (χ1v) is 6.62. The fraction of sp³-hybridized carbons (Fsp3) is 0.571. The minimum Gasteiger partial charge on any atom is -0.482 e. The van der Waals surface area contributed by atoms with Crippen LogP contribution in [0.1, 0.15) is 12.0 Å². The molecule has 0 radical (unpaired) electrons. The van der Waals surface area contributed by atoms with Gasteiger partial charge in [-0.05, 0) is 17.7 Å². The average Bonchev–Trinajstić information content (AvgIpc) is 2.92. The molecule has 0 spiro atoms. The normalized spacial score (nSPS) is 18.4. The Morgan fingerprint density at radius 2 is 2.10 bits per heavy atom. The van der Waals surface area contributed by atoms with Crippen LogP contribution in [-0.4, -0.2) is 39.6 Å². The van der Waals surface area contributed by atoms with Crippen molar-refractivity contribution in [1.29, 1.82) is 0 Å². The topological polar surface area (TPSA) is 39.7 Å². The largest absolute Gasteiger partial charge is 0.482 e. The zero-order valence-corrected chi connectivity index (χ0v) is 11.5. The zero-order chi connectivity index (χ0) is 14.4. The summed E-state index contributed by atoms with van der Waals surface area (Å²) in [5, 5.41) is 3.03. The second kappa shape index (κ2) is 7.52. The fourth-order valence-electron chi connectivity index (χ4n) is 2.01. The highest BCUT2D eigenvalue weighted by Gasteiger charge is 2.21. The predicted octanol–water partition coefficient (Wildman–Crippen LogP) is 1.87. The van der Waals surface area contributed by atoms with Crippen molar-refractivity contribution in [3.05, 3.63) is 29.3 Å². The number of methoxy groups -OCH3 is 1. The smallest absolute Gasteiger partial charge is 0.191 e. The molecule has 0 amide bonds. The van der Waals surface area contributed by atoms with E-state index in [9.17, 15) is 8.78 Å². The van der Waals surface area contributed by atoms with Gasteiger partial charge in [0.2, 0.25) is 0 Å². The van der Waals surface area contributed by atoms with Crippen molar-refractivity contribution in [1.82, 2.24) is 5.32 Å². The Balaban J connectivity index is 1.96. The molecule has 0 aromatic heterocycles. The minimum atomic E-state index is -0.680. The maximum atomic E-state index is 13.9. The van der Waals surface area contributed by atoms with Crippen molar-refractivity contribution in [2.24, 2.45) is 0 Å². The van der Waals surface area contributed by atoms with E-state index in [1.54, 1.807) is 7.11 Å². The van der Waals surface area contributed by atoms with Crippen molar-refractivity contribution in [3.63, 3.8) is 0 Å². The van der Waals surface area contributed by atoms with Gasteiger partial charge < -0.3 is 19.5 Å². The van der Waals surface area contributed by atoms with E-state index in [4.69, 9.17) is 14.2 Å². The van der Waals surface area contributed by atoms with Crippen LogP contribution in [0.5, 0.6) is 5.75 Å². The van der Waals surface area contributed by atoms with Crippen molar-refractivity contribution < 1.29 is 23.0 Å².